The van der Waals surface area contributed by atoms with Crippen molar-refractivity contribution in [2.45, 2.75) is 32.9 Å². The smallest absolute Gasteiger partial charge is 0.410 e. The van der Waals surface area contributed by atoms with Crippen molar-refractivity contribution in [3.63, 3.8) is 0 Å². The largest absolute Gasteiger partial charge is 0.444 e. The zero-order valence-corrected chi connectivity index (χ0v) is 12.6. The molecule has 0 spiro atoms. The molecular formula is C14H19ClN2O3. The molecule has 0 atom stereocenters. The second-order valence-electron chi connectivity index (χ2n) is 5.12. The molecule has 6 heteroatoms. The molecule has 0 saturated carbocycles. The van der Waals surface area contributed by atoms with Gasteiger partial charge in [-0.2, -0.15) is 0 Å². The summed E-state index contributed by atoms with van der Waals surface area (Å²) in [5, 5.41) is 11.4. The first-order valence-electron chi connectivity index (χ1n) is 6.94. The molecule has 0 aliphatic heterocycles. The van der Waals surface area contributed by atoms with Gasteiger partial charge in [-0.25, -0.2) is 4.79 Å². The lowest BCUT2D eigenvalue weighted by Crippen LogP contribution is -2.33. The number of ether oxygens (including phenoxy) is 1. The maximum atomic E-state index is 12.0. The number of benzene rings is 1. The number of carbonyl (C=O) groups is 1. The molecule has 0 aromatic heterocycles. The molecule has 0 aliphatic rings. The van der Waals surface area contributed by atoms with Crippen LogP contribution in [0.2, 0.25) is 0 Å². The number of oxime groups is 1. The molecule has 0 aliphatic carbocycles. The Morgan fingerprint density at radius 1 is 1.45 bits per heavy atom. The van der Waals surface area contributed by atoms with Crippen molar-refractivity contribution >= 4 is 22.9 Å². The molecule has 0 radical (unpaired) electrons. The number of nitrogens with zero attached hydrogens (tertiary/aromatic N) is 2. The number of hydrogen-bond donors (Lipinski definition) is 1. The Morgan fingerprint density at radius 3 is 2.45 bits per heavy atom. The fourth-order valence-electron chi connectivity index (χ4n) is 1.31. The van der Waals surface area contributed by atoms with Crippen LogP contribution < -0.4 is 0 Å². The molecule has 1 amide bonds. The van der Waals surface area contributed by atoms with E-state index in [2.05, 4.69) is 5.16 Å². The van der Waals surface area contributed by atoms with Gasteiger partial charge in [0, 0.05) is 19.1 Å². The SMILES string of the molecule is [2H]C([2H])(c1ccc(C(Cl)=NO)cc1)N(C)C(=O)OC(C)(C)C. The summed E-state index contributed by atoms with van der Waals surface area (Å²) in [7, 11) is 1.32. The van der Waals surface area contributed by atoms with Crippen molar-refractivity contribution in [3.05, 3.63) is 35.4 Å². The van der Waals surface area contributed by atoms with Crippen LogP contribution in [0.4, 0.5) is 4.79 Å². The zero-order chi connectivity index (χ0) is 17.1. The van der Waals surface area contributed by atoms with E-state index >= 15 is 0 Å². The first-order chi connectivity index (χ1) is 9.99. The maximum absolute atomic E-state index is 12.0. The lowest BCUT2D eigenvalue weighted by Gasteiger charge is -2.24. The Hall–Kier alpha value is -1.75. The summed E-state index contributed by atoms with van der Waals surface area (Å²) in [6.07, 6.45) is -0.767. The summed E-state index contributed by atoms with van der Waals surface area (Å²) < 4.78 is 21.4. The van der Waals surface area contributed by atoms with Crippen molar-refractivity contribution in [2.24, 2.45) is 5.16 Å². The minimum absolute atomic E-state index is 0.104. The number of hydrogen-bond acceptors (Lipinski definition) is 4. The lowest BCUT2D eigenvalue weighted by molar-refractivity contribution is 0.0285. The number of amides is 1. The molecule has 20 heavy (non-hydrogen) atoms. The second-order valence-corrected chi connectivity index (χ2v) is 5.48. The van der Waals surface area contributed by atoms with E-state index in [0.717, 1.165) is 4.90 Å². The molecule has 0 bridgehead atoms. The van der Waals surface area contributed by atoms with Gasteiger partial charge in [-0.05, 0) is 26.3 Å². The molecule has 0 saturated heterocycles. The predicted molar refractivity (Wildman–Crippen MR) is 78.3 cm³/mol. The van der Waals surface area contributed by atoms with E-state index in [1.54, 1.807) is 20.8 Å². The third-order valence-electron chi connectivity index (χ3n) is 2.18. The Labute approximate surface area is 126 Å². The quantitative estimate of drug-likeness (QED) is 0.528. The monoisotopic (exact) mass is 300 g/mol. The van der Waals surface area contributed by atoms with Crippen LogP contribution in [0.25, 0.3) is 0 Å². The van der Waals surface area contributed by atoms with E-state index in [1.807, 2.05) is 0 Å². The van der Waals surface area contributed by atoms with Crippen molar-refractivity contribution in [3.8, 4) is 0 Å². The summed E-state index contributed by atoms with van der Waals surface area (Å²) in [5.74, 6) is 0. The van der Waals surface area contributed by atoms with Gasteiger partial charge in [0.05, 0.1) is 2.74 Å². The predicted octanol–water partition coefficient (Wildman–Crippen LogP) is 3.43. The molecule has 0 unspecified atom stereocenters. The van der Waals surface area contributed by atoms with E-state index in [1.165, 1.54) is 31.3 Å². The highest BCUT2D eigenvalue weighted by Gasteiger charge is 2.19. The molecule has 1 aromatic carbocycles. The van der Waals surface area contributed by atoms with Crippen LogP contribution in [-0.4, -0.2) is 34.0 Å². The van der Waals surface area contributed by atoms with E-state index < -0.39 is 18.2 Å². The Kier molecular flexibility index (Phi) is 4.38. The van der Waals surface area contributed by atoms with Gasteiger partial charge in [0.2, 0.25) is 0 Å². The summed E-state index contributed by atoms with van der Waals surface area (Å²) >= 11 is 5.66. The average molecular weight is 301 g/mol. The summed E-state index contributed by atoms with van der Waals surface area (Å²) in [4.78, 5) is 12.9. The molecule has 5 nitrogen and oxygen atoms in total. The van der Waals surface area contributed by atoms with Crippen molar-refractivity contribution in [2.75, 3.05) is 7.05 Å². The zero-order valence-electron chi connectivity index (χ0n) is 13.8. The van der Waals surface area contributed by atoms with Crippen molar-refractivity contribution in [1.82, 2.24) is 4.90 Å². The molecule has 0 heterocycles. The van der Waals surface area contributed by atoms with Gasteiger partial charge < -0.3 is 14.8 Å². The molecule has 1 aromatic rings. The van der Waals surface area contributed by atoms with Gasteiger partial charge in [-0.15, -0.1) is 0 Å². The summed E-state index contributed by atoms with van der Waals surface area (Å²) in [6.45, 7) is 3.06. The highest BCUT2D eigenvalue weighted by atomic mass is 35.5. The first kappa shape index (κ1) is 13.2. The lowest BCUT2D eigenvalue weighted by atomic mass is 10.1. The van der Waals surface area contributed by atoms with Gasteiger partial charge >= 0.3 is 6.09 Å². The number of carbonyl (C=O) groups excluding carboxylic acids is 1. The molecule has 1 N–H and O–H groups in total. The van der Waals surface area contributed by atoms with Crippen LogP contribution in [0, 0.1) is 0 Å². The van der Waals surface area contributed by atoms with Crippen molar-refractivity contribution in [1.29, 1.82) is 0 Å². The van der Waals surface area contributed by atoms with E-state index in [0.29, 0.717) is 5.56 Å². The second kappa shape index (κ2) is 6.61. The molecule has 1 rings (SSSR count). The van der Waals surface area contributed by atoms with E-state index in [9.17, 15) is 4.79 Å². The summed E-state index contributed by atoms with van der Waals surface area (Å²) in [5.41, 5.74) is -0.0354. The van der Waals surface area contributed by atoms with Gasteiger partial charge in [-0.3, -0.25) is 0 Å². The minimum atomic E-state index is -2.07. The fourth-order valence-corrected chi connectivity index (χ4v) is 1.44. The van der Waals surface area contributed by atoms with Gasteiger partial charge in [0.25, 0.3) is 0 Å². The van der Waals surface area contributed by atoms with Gasteiger partial charge in [0.1, 0.15) is 5.60 Å². The van der Waals surface area contributed by atoms with Crippen LogP contribution in [0.3, 0.4) is 0 Å². The van der Waals surface area contributed by atoms with Crippen molar-refractivity contribution < 1.29 is 17.5 Å². The van der Waals surface area contributed by atoms with Gasteiger partial charge in [-0.1, -0.05) is 41.0 Å². The highest BCUT2D eigenvalue weighted by Crippen LogP contribution is 2.13. The fraction of sp³-hybridized carbons (Fsp3) is 0.429. The van der Waals surface area contributed by atoms with Crippen LogP contribution in [0.15, 0.2) is 29.4 Å². The first-order valence-corrected chi connectivity index (χ1v) is 6.32. The average Bonchev–Trinajstić information content (AvgIpc) is 2.43. The topological polar surface area (TPSA) is 62.1 Å². The highest BCUT2D eigenvalue weighted by molar-refractivity contribution is 6.69. The normalized spacial score (nSPS) is 14.3. The molecule has 0 fully saturated rings. The molecule has 110 valence electrons. The Balaban J connectivity index is 3.00. The van der Waals surface area contributed by atoms with E-state index in [-0.39, 0.29) is 10.7 Å². The Morgan fingerprint density at radius 2 is 2.00 bits per heavy atom. The molecular weight excluding hydrogens is 280 g/mol. The van der Waals surface area contributed by atoms with Crippen LogP contribution in [0.5, 0.6) is 0 Å². The van der Waals surface area contributed by atoms with Crippen LogP contribution in [0.1, 0.15) is 34.6 Å². The number of rotatable bonds is 3. The third kappa shape index (κ3) is 5.09. The number of halogens is 1. The third-order valence-corrected chi connectivity index (χ3v) is 2.47. The van der Waals surface area contributed by atoms with Gasteiger partial charge in [0.15, 0.2) is 5.17 Å². The standard InChI is InChI=1S/C14H19ClN2O3/c1-14(2,3)20-13(18)17(4)9-10-5-7-11(8-6-10)12(15)16-19/h5-8,19H,9H2,1-4H3/i9D2. The van der Waals surface area contributed by atoms with E-state index in [4.69, 9.17) is 24.3 Å². The minimum Gasteiger partial charge on any atom is -0.444 e. The Bertz CT molecular complexity index is 568. The maximum Gasteiger partial charge on any atom is 0.410 e. The van der Waals surface area contributed by atoms with Crippen LogP contribution >= 0.6 is 11.6 Å². The van der Waals surface area contributed by atoms with Crippen LogP contribution in [-0.2, 0) is 11.2 Å². The summed E-state index contributed by atoms with van der Waals surface area (Å²) in [6, 6.07) is 5.92.